The van der Waals surface area contributed by atoms with Gasteiger partial charge in [-0.15, -0.1) is 0 Å². The number of ether oxygens (including phenoxy) is 2. The van der Waals surface area contributed by atoms with Crippen molar-refractivity contribution in [1.29, 1.82) is 0 Å². The van der Waals surface area contributed by atoms with Crippen LogP contribution in [0.15, 0.2) is 42.5 Å². The van der Waals surface area contributed by atoms with Gasteiger partial charge in [-0.2, -0.15) is 0 Å². The minimum absolute atomic E-state index is 0.171. The molecular weight excluding hydrogens is 379 g/mol. The van der Waals surface area contributed by atoms with Gasteiger partial charge in [0.15, 0.2) is 0 Å². The van der Waals surface area contributed by atoms with Gasteiger partial charge in [-0.05, 0) is 36.4 Å². The van der Waals surface area contributed by atoms with E-state index in [0.29, 0.717) is 27.2 Å². The van der Waals surface area contributed by atoms with E-state index in [1.165, 1.54) is 12.0 Å². The van der Waals surface area contributed by atoms with Gasteiger partial charge in [-0.3, -0.25) is 9.69 Å². The Bertz CT molecular complexity index is 781. The highest BCUT2D eigenvalue weighted by Gasteiger charge is 2.10. The van der Waals surface area contributed by atoms with Crippen molar-refractivity contribution in [1.82, 2.24) is 0 Å². The molecule has 2 aromatic rings. The Morgan fingerprint density at radius 2 is 1.77 bits per heavy atom. The number of carbonyl (C=O) groups is 2. The van der Waals surface area contributed by atoms with Crippen molar-refractivity contribution in [2.75, 3.05) is 31.0 Å². The monoisotopic (exact) mass is 396 g/mol. The quantitative estimate of drug-likeness (QED) is 0.774. The van der Waals surface area contributed by atoms with Crippen LogP contribution in [-0.2, 0) is 9.53 Å². The Labute approximate surface area is 161 Å². The lowest BCUT2D eigenvalue weighted by molar-refractivity contribution is -0.116. The molecule has 6 nitrogen and oxygen atoms in total. The Kier molecular flexibility index (Phi) is 7.12. The van der Waals surface area contributed by atoms with Crippen molar-refractivity contribution in [3.05, 3.63) is 52.5 Å². The van der Waals surface area contributed by atoms with Crippen molar-refractivity contribution in [2.24, 2.45) is 0 Å². The van der Waals surface area contributed by atoms with Gasteiger partial charge in [0.1, 0.15) is 5.75 Å². The van der Waals surface area contributed by atoms with E-state index in [2.05, 4.69) is 10.1 Å². The van der Waals surface area contributed by atoms with Crippen molar-refractivity contribution < 1.29 is 19.1 Å². The summed E-state index contributed by atoms with van der Waals surface area (Å²) in [6.45, 7) is 0.201. The molecule has 0 unspecified atom stereocenters. The van der Waals surface area contributed by atoms with Gasteiger partial charge in [-0.25, -0.2) is 4.79 Å². The van der Waals surface area contributed by atoms with Crippen molar-refractivity contribution in [3.63, 3.8) is 0 Å². The Morgan fingerprint density at radius 3 is 2.38 bits per heavy atom. The van der Waals surface area contributed by atoms with Gasteiger partial charge >= 0.3 is 6.09 Å². The highest BCUT2D eigenvalue weighted by Crippen LogP contribution is 2.26. The fraction of sp³-hybridized carbons (Fsp3) is 0.222. The van der Waals surface area contributed by atoms with E-state index >= 15 is 0 Å². The third kappa shape index (κ3) is 5.54. The molecule has 2 rings (SSSR count). The molecule has 2 amide bonds. The third-order valence-electron chi connectivity index (χ3n) is 3.48. The molecule has 0 fully saturated rings. The number of rotatable bonds is 6. The summed E-state index contributed by atoms with van der Waals surface area (Å²) in [6.07, 6.45) is -0.300. The molecule has 0 aliphatic rings. The number of methoxy groups -OCH3 is 1. The van der Waals surface area contributed by atoms with E-state index < -0.39 is 6.09 Å². The number of nitrogens with zero attached hydrogens (tertiary/aromatic N) is 1. The largest absolute Gasteiger partial charge is 0.493 e. The normalized spacial score (nSPS) is 10.2. The number of halogens is 2. The van der Waals surface area contributed by atoms with Crippen LogP contribution in [0.4, 0.5) is 16.2 Å². The minimum Gasteiger partial charge on any atom is -0.493 e. The van der Waals surface area contributed by atoms with E-state index in [1.807, 2.05) is 0 Å². The number of benzene rings is 2. The van der Waals surface area contributed by atoms with Crippen molar-refractivity contribution >= 4 is 46.6 Å². The predicted octanol–water partition coefficient (Wildman–Crippen LogP) is 4.60. The molecule has 0 atom stereocenters. The number of anilines is 2. The number of carbonyl (C=O) groups excluding carboxylic acids is 2. The van der Waals surface area contributed by atoms with Crippen LogP contribution >= 0.6 is 23.2 Å². The molecule has 1 N–H and O–H groups in total. The lowest BCUT2D eigenvalue weighted by Gasteiger charge is -2.16. The van der Waals surface area contributed by atoms with Gasteiger partial charge in [0, 0.05) is 24.5 Å². The van der Waals surface area contributed by atoms with Gasteiger partial charge in [0.25, 0.3) is 0 Å². The summed E-state index contributed by atoms with van der Waals surface area (Å²) >= 11 is 11.7. The van der Waals surface area contributed by atoms with Crippen LogP contribution in [0, 0.1) is 0 Å². The van der Waals surface area contributed by atoms with Crippen LogP contribution in [0.1, 0.15) is 6.42 Å². The first kappa shape index (κ1) is 19.9. The molecule has 2 aromatic carbocycles. The van der Waals surface area contributed by atoms with Gasteiger partial charge in [0.05, 0.1) is 30.2 Å². The first-order valence-electron chi connectivity index (χ1n) is 7.70. The standard InChI is InChI=1S/C18H18Cl2N2O4/c1-22(18(24)25-2)13-5-3-12(4-6-13)21-17(23)9-10-26-14-7-8-15(19)16(20)11-14/h3-8,11H,9-10H2,1-2H3,(H,21,23). The summed E-state index contributed by atoms with van der Waals surface area (Å²) in [5.74, 6) is 0.349. The first-order valence-corrected chi connectivity index (χ1v) is 8.45. The van der Waals surface area contributed by atoms with Gasteiger partial charge < -0.3 is 14.8 Å². The molecule has 8 heteroatoms. The zero-order valence-corrected chi connectivity index (χ0v) is 15.8. The van der Waals surface area contributed by atoms with Crippen LogP contribution in [0.25, 0.3) is 0 Å². The second-order valence-electron chi connectivity index (χ2n) is 5.30. The SMILES string of the molecule is COC(=O)N(C)c1ccc(NC(=O)CCOc2ccc(Cl)c(Cl)c2)cc1. The average Bonchev–Trinajstić information content (AvgIpc) is 2.64. The number of hydrogen-bond acceptors (Lipinski definition) is 4. The van der Waals surface area contributed by atoms with Gasteiger partial charge in [-0.1, -0.05) is 23.2 Å². The Balaban J connectivity index is 1.82. The second kappa shape index (κ2) is 9.31. The van der Waals surface area contributed by atoms with Crippen molar-refractivity contribution in [3.8, 4) is 5.75 Å². The zero-order chi connectivity index (χ0) is 19.1. The second-order valence-corrected chi connectivity index (χ2v) is 6.11. The summed E-state index contributed by atoms with van der Waals surface area (Å²) in [6, 6.07) is 11.7. The molecule has 0 radical (unpaired) electrons. The summed E-state index contributed by atoms with van der Waals surface area (Å²) in [5.41, 5.74) is 1.27. The lowest BCUT2D eigenvalue weighted by Crippen LogP contribution is -2.25. The van der Waals surface area contributed by atoms with E-state index in [-0.39, 0.29) is 18.9 Å². The van der Waals surface area contributed by atoms with Crippen LogP contribution in [0.5, 0.6) is 5.75 Å². The smallest absolute Gasteiger partial charge is 0.413 e. The molecular formula is C18H18Cl2N2O4. The number of nitrogens with one attached hydrogen (secondary N) is 1. The molecule has 0 spiro atoms. The van der Waals surface area contributed by atoms with Crippen LogP contribution in [0.2, 0.25) is 10.0 Å². The Morgan fingerprint density at radius 1 is 1.08 bits per heavy atom. The fourth-order valence-corrected chi connectivity index (χ4v) is 2.35. The molecule has 26 heavy (non-hydrogen) atoms. The maximum absolute atomic E-state index is 12.0. The molecule has 0 saturated carbocycles. The summed E-state index contributed by atoms with van der Waals surface area (Å²) in [4.78, 5) is 24.8. The van der Waals surface area contributed by atoms with E-state index in [0.717, 1.165) is 0 Å². The number of amides is 2. The summed E-state index contributed by atoms with van der Waals surface area (Å²) < 4.78 is 10.1. The highest BCUT2D eigenvalue weighted by atomic mass is 35.5. The summed E-state index contributed by atoms with van der Waals surface area (Å²) in [7, 11) is 2.91. The van der Waals surface area contributed by atoms with E-state index in [1.54, 1.807) is 49.5 Å². The Hall–Kier alpha value is -2.44. The molecule has 0 aliphatic carbocycles. The minimum atomic E-state index is -0.471. The topological polar surface area (TPSA) is 67.9 Å². The maximum atomic E-state index is 12.0. The average molecular weight is 397 g/mol. The summed E-state index contributed by atoms with van der Waals surface area (Å²) in [5, 5.41) is 3.59. The zero-order valence-electron chi connectivity index (χ0n) is 14.3. The van der Waals surface area contributed by atoms with E-state index in [9.17, 15) is 9.59 Å². The lowest BCUT2D eigenvalue weighted by atomic mass is 10.2. The van der Waals surface area contributed by atoms with Gasteiger partial charge in [0.2, 0.25) is 5.91 Å². The highest BCUT2D eigenvalue weighted by molar-refractivity contribution is 6.42. The molecule has 0 aliphatic heterocycles. The van der Waals surface area contributed by atoms with Crippen molar-refractivity contribution in [2.45, 2.75) is 6.42 Å². The molecule has 138 valence electrons. The van der Waals surface area contributed by atoms with E-state index in [4.69, 9.17) is 27.9 Å². The maximum Gasteiger partial charge on any atom is 0.413 e. The predicted molar refractivity (Wildman–Crippen MR) is 102 cm³/mol. The third-order valence-corrected chi connectivity index (χ3v) is 4.21. The number of hydrogen-bond donors (Lipinski definition) is 1. The fourth-order valence-electron chi connectivity index (χ4n) is 2.06. The van der Waals surface area contributed by atoms with Crippen LogP contribution in [0.3, 0.4) is 0 Å². The first-order chi connectivity index (χ1) is 12.4. The van der Waals surface area contributed by atoms with Crippen LogP contribution < -0.4 is 15.0 Å². The molecule has 0 aromatic heterocycles. The molecule has 0 saturated heterocycles. The van der Waals surface area contributed by atoms with Crippen LogP contribution in [-0.4, -0.2) is 32.8 Å². The molecule has 0 bridgehead atoms. The molecule has 0 heterocycles.